The van der Waals surface area contributed by atoms with Gasteiger partial charge in [-0.15, -0.1) is 0 Å². The summed E-state index contributed by atoms with van der Waals surface area (Å²) >= 11 is 0. The molecule has 0 unspecified atom stereocenters. The number of rotatable bonds is 5. The quantitative estimate of drug-likeness (QED) is 0.879. The van der Waals surface area contributed by atoms with Gasteiger partial charge in [0.1, 0.15) is 0 Å². The van der Waals surface area contributed by atoms with E-state index in [0.29, 0.717) is 23.6 Å². The van der Waals surface area contributed by atoms with Crippen molar-refractivity contribution in [2.45, 2.75) is 57.8 Å². The van der Waals surface area contributed by atoms with Gasteiger partial charge in [0.25, 0.3) is 5.91 Å². The molecule has 130 valence electrons. The Bertz CT molecular complexity index is 573. The number of carbonyl (C=O) groups excluding carboxylic acids is 2. The fourth-order valence-electron chi connectivity index (χ4n) is 3.89. The lowest BCUT2D eigenvalue weighted by Crippen LogP contribution is -2.36. The Labute approximate surface area is 144 Å². The van der Waals surface area contributed by atoms with Crippen molar-refractivity contribution < 1.29 is 9.59 Å². The van der Waals surface area contributed by atoms with E-state index >= 15 is 0 Å². The predicted octanol–water partition coefficient (Wildman–Crippen LogP) is 4.22. The van der Waals surface area contributed by atoms with Crippen LogP contribution in [0.5, 0.6) is 0 Å². The van der Waals surface area contributed by atoms with Gasteiger partial charge in [-0.1, -0.05) is 37.8 Å². The smallest absolute Gasteiger partial charge is 0.255 e. The minimum Gasteiger partial charge on any atom is -0.339 e. The molecule has 1 N–H and O–H groups in total. The van der Waals surface area contributed by atoms with Gasteiger partial charge < -0.3 is 10.2 Å². The van der Waals surface area contributed by atoms with Gasteiger partial charge in [-0.05, 0) is 43.7 Å². The van der Waals surface area contributed by atoms with Gasteiger partial charge in [-0.25, -0.2) is 0 Å². The van der Waals surface area contributed by atoms with Gasteiger partial charge in [-0.3, -0.25) is 9.59 Å². The monoisotopic (exact) mass is 328 g/mol. The summed E-state index contributed by atoms with van der Waals surface area (Å²) in [6.07, 6.45) is 9.99. The van der Waals surface area contributed by atoms with Crippen LogP contribution in [0.3, 0.4) is 0 Å². The highest BCUT2D eigenvalue weighted by Gasteiger charge is 2.21. The van der Waals surface area contributed by atoms with Crippen molar-refractivity contribution in [3.05, 3.63) is 29.8 Å². The normalized spacial score (nSPS) is 18.6. The Morgan fingerprint density at radius 3 is 2.46 bits per heavy atom. The average molecular weight is 328 g/mol. The molecule has 24 heavy (non-hydrogen) atoms. The van der Waals surface area contributed by atoms with E-state index in [0.717, 1.165) is 32.4 Å². The highest BCUT2D eigenvalue weighted by Crippen LogP contribution is 2.28. The molecule has 0 aromatic heterocycles. The molecule has 1 aliphatic carbocycles. The van der Waals surface area contributed by atoms with Gasteiger partial charge in [-0.2, -0.15) is 0 Å². The van der Waals surface area contributed by atoms with Crippen molar-refractivity contribution >= 4 is 17.5 Å². The Kier molecular flexibility index (Phi) is 5.89. The molecule has 1 heterocycles. The summed E-state index contributed by atoms with van der Waals surface area (Å²) < 4.78 is 0. The van der Waals surface area contributed by atoms with Crippen LogP contribution in [0.4, 0.5) is 5.69 Å². The van der Waals surface area contributed by atoms with Crippen molar-refractivity contribution in [1.29, 1.82) is 0 Å². The van der Waals surface area contributed by atoms with Crippen LogP contribution < -0.4 is 5.32 Å². The molecule has 2 amide bonds. The number of hydrogen-bond acceptors (Lipinski definition) is 2. The van der Waals surface area contributed by atoms with Gasteiger partial charge in [0.05, 0.1) is 11.3 Å². The van der Waals surface area contributed by atoms with E-state index in [1.807, 2.05) is 29.2 Å². The van der Waals surface area contributed by atoms with E-state index in [9.17, 15) is 9.59 Å². The van der Waals surface area contributed by atoms with E-state index in [2.05, 4.69) is 5.32 Å². The third-order valence-electron chi connectivity index (χ3n) is 5.33. The van der Waals surface area contributed by atoms with Crippen LogP contribution >= 0.6 is 0 Å². The molecule has 2 fully saturated rings. The van der Waals surface area contributed by atoms with Crippen molar-refractivity contribution in [3.8, 4) is 0 Å². The number of nitrogens with one attached hydrogen (secondary N) is 1. The zero-order chi connectivity index (χ0) is 16.8. The molecule has 1 saturated heterocycles. The topological polar surface area (TPSA) is 49.4 Å². The molecule has 1 aliphatic heterocycles. The average Bonchev–Trinajstić information content (AvgIpc) is 3.14. The second-order valence-electron chi connectivity index (χ2n) is 7.14. The number of carbonyl (C=O) groups is 2. The minimum absolute atomic E-state index is 0.0285. The molecule has 4 nitrogen and oxygen atoms in total. The summed E-state index contributed by atoms with van der Waals surface area (Å²) in [6, 6.07) is 7.40. The van der Waals surface area contributed by atoms with Gasteiger partial charge in [0.2, 0.25) is 5.91 Å². The maximum absolute atomic E-state index is 12.7. The van der Waals surface area contributed by atoms with Crippen molar-refractivity contribution in [2.75, 3.05) is 18.4 Å². The SMILES string of the molecule is O=C(CCC1CCCC1)Nc1ccccc1C(=O)N1CCCCC1. The lowest BCUT2D eigenvalue weighted by atomic mass is 10.0. The molecule has 0 atom stereocenters. The van der Waals surface area contributed by atoms with Crippen molar-refractivity contribution in [2.24, 2.45) is 5.92 Å². The largest absolute Gasteiger partial charge is 0.339 e. The van der Waals surface area contributed by atoms with E-state index < -0.39 is 0 Å². The van der Waals surface area contributed by atoms with Crippen LogP contribution in [0.1, 0.15) is 68.1 Å². The minimum atomic E-state index is 0.0285. The van der Waals surface area contributed by atoms with Crippen LogP contribution in [0.2, 0.25) is 0 Å². The number of hydrogen-bond donors (Lipinski definition) is 1. The van der Waals surface area contributed by atoms with Crippen LogP contribution in [0, 0.1) is 5.92 Å². The highest BCUT2D eigenvalue weighted by molar-refractivity contribution is 6.03. The number of nitrogens with zero attached hydrogens (tertiary/aromatic N) is 1. The first-order valence-electron chi connectivity index (χ1n) is 9.42. The molecular formula is C20H28N2O2. The second-order valence-corrected chi connectivity index (χ2v) is 7.14. The number of benzene rings is 1. The first-order chi connectivity index (χ1) is 11.7. The first kappa shape index (κ1) is 17.0. The molecular weight excluding hydrogens is 300 g/mol. The van der Waals surface area contributed by atoms with E-state index in [1.54, 1.807) is 0 Å². The van der Waals surface area contributed by atoms with Gasteiger partial charge in [0, 0.05) is 19.5 Å². The zero-order valence-electron chi connectivity index (χ0n) is 14.4. The standard InChI is InChI=1S/C20H28N2O2/c23-19(13-12-16-8-2-3-9-16)21-18-11-5-4-10-17(18)20(24)22-14-6-1-7-15-22/h4-5,10-11,16H,1-3,6-9,12-15H2,(H,21,23). The first-order valence-corrected chi connectivity index (χ1v) is 9.42. The van der Waals surface area contributed by atoms with Crippen LogP contribution in [0.15, 0.2) is 24.3 Å². The van der Waals surface area contributed by atoms with Crippen molar-refractivity contribution in [3.63, 3.8) is 0 Å². The number of para-hydroxylation sites is 1. The Balaban J connectivity index is 1.60. The zero-order valence-corrected chi connectivity index (χ0v) is 14.4. The summed E-state index contributed by atoms with van der Waals surface area (Å²) in [5.74, 6) is 0.781. The van der Waals surface area contributed by atoms with Crippen LogP contribution in [0.25, 0.3) is 0 Å². The Morgan fingerprint density at radius 1 is 1.00 bits per heavy atom. The fourth-order valence-corrected chi connectivity index (χ4v) is 3.89. The second kappa shape index (κ2) is 8.32. The van der Waals surface area contributed by atoms with Crippen LogP contribution in [-0.4, -0.2) is 29.8 Å². The summed E-state index contributed by atoms with van der Waals surface area (Å²) in [7, 11) is 0. The van der Waals surface area contributed by atoms with Gasteiger partial charge >= 0.3 is 0 Å². The predicted molar refractivity (Wildman–Crippen MR) is 96.0 cm³/mol. The maximum atomic E-state index is 12.7. The molecule has 4 heteroatoms. The van der Waals surface area contributed by atoms with E-state index in [-0.39, 0.29) is 11.8 Å². The van der Waals surface area contributed by atoms with Crippen LogP contribution in [-0.2, 0) is 4.79 Å². The number of amides is 2. The highest BCUT2D eigenvalue weighted by atomic mass is 16.2. The number of likely N-dealkylation sites (tertiary alicyclic amines) is 1. The molecule has 1 saturated carbocycles. The third kappa shape index (κ3) is 4.37. The van der Waals surface area contributed by atoms with Crippen molar-refractivity contribution in [1.82, 2.24) is 4.90 Å². The summed E-state index contributed by atoms with van der Waals surface area (Å²) in [5.41, 5.74) is 1.28. The molecule has 2 aliphatic rings. The molecule has 0 spiro atoms. The summed E-state index contributed by atoms with van der Waals surface area (Å²) in [6.45, 7) is 1.64. The Morgan fingerprint density at radius 2 is 1.71 bits per heavy atom. The molecule has 0 bridgehead atoms. The molecule has 0 radical (unpaired) electrons. The summed E-state index contributed by atoms with van der Waals surface area (Å²) in [5, 5.41) is 2.97. The summed E-state index contributed by atoms with van der Waals surface area (Å²) in [4.78, 5) is 26.9. The molecule has 3 rings (SSSR count). The number of anilines is 1. The molecule has 1 aromatic carbocycles. The van der Waals surface area contributed by atoms with E-state index in [4.69, 9.17) is 0 Å². The fraction of sp³-hybridized carbons (Fsp3) is 0.600. The van der Waals surface area contributed by atoms with E-state index in [1.165, 1.54) is 32.1 Å². The Hall–Kier alpha value is -1.84. The van der Waals surface area contributed by atoms with Gasteiger partial charge in [0.15, 0.2) is 0 Å². The molecule has 1 aromatic rings. The third-order valence-corrected chi connectivity index (χ3v) is 5.33. The number of piperidine rings is 1. The lowest BCUT2D eigenvalue weighted by molar-refractivity contribution is -0.116. The lowest BCUT2D eigenvalue weighted by Gasteiger charge is -2.27. The maximum Gasteiger partial charge on any atom is 0.255 e.